The lowest BCUT2D eigenvalue weighted by atomic mass is 9.88. The molecule has 2 fully saturated rings. The summed E-state index contributed by atoms with van der Waals surface area (Å²) in [4.78, 5) is 23.2. The van der Waals surface area contributed by atoms with Gasteiger partial charge in [0.15, 0.2) is 0 Å². The number of para-hydroxylation sites is 1. The Morgan fingerprint density at radius 1 is 1.11 bits per heavy atom. The smallest absolute Gasteiger partial charge is 0.239 e. The number of likely N-dealkylation sites (N-methyl/N-ethyl adjacent to an activating group) is 1. The largest absolute Gasteiger partial charge is 0.361 e. The van der Waals surface area contributed by atoms with E-state index in [9.17, 15) is 4.79 Å². The van der Waals surface area contributed by atoms with E-state index in [1.807, 2.05) is 0 Å². The molecule has 0 saturated carbocycles. The summed E-state index contributed by atoms with van der Waals surface area (Å²) in [6.07, 6.45) is 4.44. The van der Waals surface area contributed by atoms with Gasteiger partial charge in [0.2, 0.25) is 5.91 Å². The normalized spacial score (nSPS) is 21.6. The Labute approximate surface area is 162 Å². The van der Waals surface area contributed by atoms with Gasteiger partial charge in [-0.1, -0.05) is 25.1 Å². The number of H-pyrrole nitrogens is 1. The van der Waals surface area contributed by atoms with Crippen molar-refractivity contribution in [1.29, 1.82) is 0 Å². The van der Waals surface area contributed by atoms with E-state index in [0.29, 0.717) is 11.8 Å². The Hall–Kier alpha value is -1.85. The van der Waals surface area contributed by atoms with Gasteiger partial charge >= 0.3 is 0 Å². The molecule has 1 unspecified atom stereocenters. The van der Waals surface area contributed by atoms with Crippen LogP contribution < -0.4 is 0 Å². The number of benzene rings is 1. The molecule has 27 heavy (non-hydrogen) atoms. The van der Waals surface area contributed by atoms with Crippen LogP contribution in [0.1, 0.15) is 38.2 Å². The molecule has 2 aliphatic rings. The van der Waals surface area contributed by atoms with Crippen LogP contribution in [0.4, 0.5) is 0 Å². The van der Waals surface area contributed by atoms with Crippen LogP contribution in [0, 0.1) is 0 Å². The molecular formula is C22H32N4O. The van der Waals surface area contributed by atoms with Crippen LogP contribution in [0.2, 0.25) is 0 Å². The van der Waals surface area contributed by atoms with Gasteiger partial charge in [-0.2, -0.15) is 0 Å². The van der Waals surface area contributed by atoms with Crippen molar-refractivity contribution in [2.24, 2.45) is 0 Å². The highest BCUT2D eigenvalue weighted by molar-refractivity contribution is 5.84. The number of carbonyl (C=O) groups is 1. The summed E-state index contributed by atoms with van der Waals surface area (Å²) >= 11 is 0. The van der Waals surface area contributed by atoms with Gasteiger partial charge in [0.25, 0.3) is 0 Å². The number of aromatic amines is 1. The molecule has 0 bridgehead atoms. The Kier molecular flexibility index (Phi) is 5.50. The van der Waals surface area contributed by atoms with Gasteiger partial charge in [-0.3, -0.25) is 9.69 Å². The van der Waals surface area contributed by atoms with Gasteiger partial charge in [0.05, 0.1) is 6.04 Å². The average molecular weight is 369 g/mol. The van der Waals surface area contributed by atoms with Gasteiger partial charge in [-0.05, 0) is 56.9 Å². The van der Waals surface area contributed by atoms with Crippen LogP contribution in [0.3, 0.4) is 0 Å². The minimum atomic E-state index is 0.00194. The van der Waals surface area contributed by atoms with E-state index < -0.39 is 0 Å². The minimum Gasteiger partial charge on any atom is -0.361 e. The maximum absolute atomic E-state index is 12.9. The fourth-order valence-electron chi connectivity index (χ4n) is 4.73. The predicted molar refractivity (Wildman–Crippen MR) is 110 cm³/mol. The number of fused-ring (bicyclic) bond motifs is 1. The maximum Gasteiger partial charge on any atom is 0.239 e. The zero-order valence-corrected chi connectivity index (χ0v) is 16.7. The molecule has 2 saturated heterocycles. The third-order valence-corrected chi connectivity index (χ3v) is 6.63. The monoisotopic (exact) mass is 368 g/mol. The first-order valence-corrected chi connectivity index (χ1v) is 10.5. The van der Waals surface area contributed by atoms with Crippen LogP contribution in [0.25, 0.3) is 10.9 Å². The quantitative estimate of drug-likeness (QED) is 0.902. The van der Waals surface area contributed by atoms with Gasteiger partial charge in [-0.25, -0.2) is 0 Å². The lowest BCUT2D eigenvalue weighted by molar-refractivity contribution is -0.138. The molecule has 1 atom stereocenters. The zero-order valence-electron chi connectivity index (χ0n) is 16.7. The van der Waals surface area contributed by atoms with E-state index >= 15 is 0 Å². The van der Waals surface area contributed by atoms with Crippen molar-refractivity contribution in [3.63, 3.8) is 0 Å². The predicted octanol–water partition coefficient (Wildman–Crippen LogP) is 2.90. The number of amides is 1. The van der Waals surface area contributed by atoms with Gasteiger partial charge in [0.1, 0.15) is 0 Å². The summed E-state index contributed by atoms with van der Waals surface area (Å²) in [5.74, 6) is 0.907. The summed E-state index contributed by atoms with van der Waals surface area (Å²) in [6.45, 7) is 11.2. The van der Waals surface area contributed by atoms with Crippen molar-refractivity contribution >= 4 is 16.8 Å². The molecule has 0 aliphatic carbocycles. The molecule has 2 aliphatic heterocycles. The number of aromatic nitrogens is 1. The van der Waals surface area contributed by atoms with Crippen molar-refractivity contribution in [2.45, 2.75) is 38.6 Å². The molecule has 2 aromatic rings. The molecule has 1 aromatic carbocycles. The first kappa shape index (κ1) is 18.5. The lowest BCUT2D eigenvalue weighted by Gasteiger charge is -2.40. The van der Waals surface area contributed by atoms with Crippen molar-refractivity contribution in [3.05, 3.63) is 36.0 Å². The molecule has 5 nitrogen and oxygen atoms in total. The molecule has 1 aromatic heterocycles. The molecule has 0 radical (unpaired) electrons. The Balaban J connectivity index is 1.34. The number of carbonyl (C=O) groups excluding carboxylic acids is 1. The highest BCUT2D eigenvalue weighted by atomic mass is 16.2. The second-order valence-electron chi connectivity index (χ2n) is 8.04. The van der Waals surface area contributed by atoms with Crippen molar-refractivity contribution in [3.8, 4) is 0 Å². The lowest BCUT2D eigenvalue weighted by Crippen LogP contribution is -2.55. The van der Waals surface area contributed by atoms with Crippen molar-refractivity contribution in [1.82, 2.24) is 19.7 Å². The SMILES string of the molecule is CCN1CCN(C(=O)C(C)N2CCC(c3c[nH]c4ccccc34)CC2)CC1. The minimum absolute atomic E-state index is 0.00194. The van der Waals surface area contributed by atoms with Gasteiger partial charge < -0.3 is 14.8 Å². The highest BCUT2D eigenvalue weighted by Crippen LogP contribution is 2.33. The fourth-order valence-corrected chi connectivity index (χ4v) is 4.73. The van der Waals surface area contributed by atoms with E-state index in [1.54, 1.807) is 0 Å². The standard InChI is InChI=1S/C22H32N4O/c1-3-24-12-14-26(15-13-24)22(27)17(2)25-10-8-18(9-11-25)20-16-23-21-7-5-4-6-19(20)21/h4-7,16-18,23H,3,8-15H2,1-2H3. The summed E-state index contributed by atoms with van der Waals surface area (Å²) in [7, 11) is 0. The van der Waals surface area contributed by atoms with Gasteiger partial charge in [0, 0.05) is 43.3 Å². The Morgan fingerprint density at radius 3 is 2.52 bits per heavy atom. The molecule has 4 rings (SSSR count). The third kappa shape index (κ3) is 3.76. The van der Waals surface area contributed by atoms with Crippen molar-refractivity contribution < 1.29 is 4.79 Å². The number of nitrogens with zero attached hydrogens (tertiary/aromatic N) is 3. The number of rotatable bonds is 4. The average Bonchev–Trinajstić information content (AvgIpc) is 3.17. The molecule has 1 amide bonds. The first-order chi connectivity index (χ1) is 13.2. The maximum atomic E-state index is 12.9. The van der Waals surface area contributed by atoms with E-state index in [4.69, 9.17) is 0 Å². The van der Waals surface area contributed by atoms with E-state index in [-0.39, 0.29) is 6.04 Å². The van der Waals surface area contributed by atoms with Crippen molar-refractivity contribution in [2.75, 3.05) is 45.8 Å². The molecule has 0 spiro atoms. The second-order valence-corrected chi connectivity index (χ2v) is 8.04. The highest BCUT2D eigenvalue weighted by Gasteiger charge is 2.31. The van der Waals surface area contributed by atoms with Crippen LogP contribution in [-0.2, 0) is 4.79 Å². The number of likely N-dealkylation sites (tertiary alicyclic amines) is 1. The van der Waals surface area contributed by atoms with Crippen LogP contribution in [0.5, 0.6) is 0 Å². The summed E-state index contributed by atoms with van der Waals surface area (Å²) in [5, 5.41) is 1.36. The second kappa shape index (κ2) is 8.03. The molecule has 5 heteroatoms. The van der Waals surface area contributed by atoms with Crippen LogP contribution >= 0.6 is 0 Å². The summed E-state index contributed by atoms with van der Waals surface area (Å²) < 4.78 is 0. The molecular weight excluding hydrogens is 336 g/mol. The Morgan fingerprint density at radius 2 is 1.81 bits per heavy atom. The van der Waals surface area contributed by atoms with Gasteiger partial charge in [-0.15, -0.1) is 0 Å². The Bertz CT molecular complexity index is 769. The molecule has 146 valence electrons. The zero-order chi connectivity index (χ0) is 18.8. The topological polar surface area (TPSA) is 42.6 Å². The number of piperidine rings is 1. The number of nitrogens with one attached hydrogen (secondary N) is 1. The van der Waals surface area contributed by atoms with E-state index in [1.165, 1.54) is 16.5 Å². The molecule has 1 N–H and O–H groups in total. The summed E-state index contributed by atoms with van der Waals surface area (Å²) in [6, 6.07) is 8.57. The number of hydrogen-bond acceptors (Lipinski definition) is 3. The molecule has 3 heterocycles. The third-order valence-electron chi connectivity index (χ3n) is 6.63. The number of piperazine rings is 1. The van der Waals surface area contributed by atoms with Crippen LogP contribution in [0.15, 0.2) is 30.5 Å². The van der Waals surface area contributed by atoms with Crippen LogP contribution in [-0.4, -0.2) is 77.4 Å². The number of hydrogen-bond donors (Lipinski definition) is 1. The fraction of sp³-hybridized carbons (Fsp3) is 0.591. The first-order valence-electron chi connectivity index (χ1n) is 10.5. The van der Waals surface area contributed by atoms with E-state index in [2.05, 4.69) is 64.0 Å². The summed E-state index contributed by atoms with van der Waals surface area (Å²) in [5.41, 5.74) is 2.67. The van der Waals surface area contributed by atoms with E-state index in [0.717, 1.165) is 58.7 Å².